The Morgan fingerprint density at radius 2 is 2.20 bits per heavy atom. The predicted octanol–water partition coefficient (Wildman–Crippen LogP) is 0.686. The van der Waals surface area contributed by atoms with Gasteiger partial charge in [0.25, 0.3) is 0 Å². The molecule has 0 amide bonds. The van der Waals surface area contributed by atoms with Crippen LogP contribution < -0.4 is 0 Å². The van der Waals surface area contributed by atoms with Crippen molar-refractivity contribution in [3.63, 3.8) is 0 Å². The van der Waals surface area contributed by atoms with Gasteiger partial charge in [0, 0.05) is 0 Å². The molecule has 0 aromatic carbocycles. The molecule has 10 heavy (non-hydrogen) atoms. The summed E-state index contributed by atoms with van der Waals surface area (Å²) < 4.78 is 0. The lowest BCUT2D eigenvalue weighted by atomic mass is 10.3. The van der Waals surface area contributed by atoms with E-state index in [0.29, 0.717) is 5.57 Å². The van der Waals surface area contributed by atoms with E-state index in [-0.39, 0.29) is 10.9 Å². The molecular formula is C7H10ClNO. The van der Waals surface area contributed by atoms with E-state index in [9.17, 15) is 4.79 Å². The van der Waals surface area contributed by atoms with Crippen LogP contribution >= 0.6 is 11.6 Å². The van der Waals surface area contributed by atoms with Gasteiger partial charge in [-0.3, -0.25) is 4.90 Å². The van der Waals surface area contributed by atoms with Crippen LogP contribution in [-0.4, -0.2) is 35.9 Å². The Balaban J connectivity index is 2.87. The van der Waals surface area contributed by atoms with Gasteiger partial charge in [-0.25, -0.2) is 4.79 Å². The third-order valence-electron chi connectivity index (χ3n) is 2.25. The van der Waals surface area contributed by atoms with Gasteiger partial charge >= 0.3 is 0 Å². The molecule has 1 aliphatic rings. The van der Waals surface area contributed by atoms with Gasteiger partial charge in [0.15, 0.2) is 0 Å². The molecule has 56 valence electrons. The molecule has 0 saturated heterocycles. The molecule has 1 aliphatic carbocycles. The summed E-state index contributed by atoms with van der Waals surface area (Å²) in [7, 11) is 3.80. The summed E-state index contributed by atoms with van der Waals surface area (Å²) in [6.07, 6.45) is 0. The summed E-state index contributed by atoms with van der Waals surface area (Å²) >= 11 is 5.81. The molecule has 0 spiro atoms. The maximum Gasteiger partial charge on any atom is 0.127 e. The minimum atomic E-state index is -0.233. The van der Waals surface area contributed by atoms with Gasteiger partial charge in [-0.05, 0) is 21.0 Å². The van der Waals surface area contributed by atoms with E-state index < -0.39 is 0 Å². The zero-order valence-corrected chi connectivity index (χ0v) is 7.07. The number of hydrogen-bond donors (Lipinski definition) is 0. The highest BCUT2D eigenvalue weighted by atomic mass is 35.5. The third-order valence-corrected chi connectivity index (χ3v) is 2.89. The average Bonchev–Trinajstić information content (AvgIpc) is 2.38. The second-order valence-corrected chi connectivity index (χ2v) is 3.36. The van der Waals surface area contributed by atoms with Gasteiger partial charge in [-0.1, -0.05) is 0 Å². The van der Waals surface area contributed by atoms with Gasteiger partial charge in [0.05, 0.1) is 16.5 Å². The fraction of sp³-hybridized carbons (Fsp3) is 0.714. The molecule has 3 heteroatoms. The summed E-state index contributed by atoms with van der Waals surface area (Å²) in [6.45, 7) is 1.94. The van der Waals surface area contributed by atoms with Crippen LogP contribution in [0.5, 0.6) is 0 Å². The molecule has 1 rings (SSSR count). The van der Waals surface area contributed by atoms with Crippen molar-refractivity contribution >= 4 is 17.5 Å². The number of hydrogen-bond acceptors (Lipinski definition) is 2. The SMILES string of the molecule is CN(C)C1(C)C(=C=O)C1Cl. The molecule has 0 radical (unpaired) electrons. The van der Waals surface area contributed by atoms with E-state index in [2.05, 4.69) is 0 Å². The zero-order valence-electron chi connectivity index (χ0n) is 6.31. The molecule has 0 aromatic heterocycles. The molecule has 0 aromatic rings. The van der Waals surface area contributed by atoms with Crippen LogP contribution in [0.15, 0.2) is 5.57 Å². The highest BCUT2D eigenvalue weighted by Crippen LogP contribution is 2.48. The molecule has 1 saturated carbocycles. The molecule has 0 heterocycles. The first-order valence-corrected chi connectivity index (χ1v) is 3.55. The third kappa shape index (κ3) is 0.734. The molecule has 0 bridgehead atoms. The number of alkyl halides is 1. The number of carbonyl (C=O) groups excluding carboxylic acids is 1. The molecule has 0 N–H and O–H groups in total. The summed E-state index contributed by atoms with van der Waals surface area (Å²) in [6, 6.07) is 0. The van der Waals surface area contributed by atoms with Crippen molar-refractivity contribution in [2.75, 3.05) is 14.1 Å². The Bertz CT molecular complexity index is 208. The van der Waals surface area contributed by atoms with E-state index in [1.165, 1.54) is 0 Å². The van der Waals surface area contributed by atoms with Crippen molar-refractivity contribution in [2.45, 2.75) is 17.8 Å². The van der Waals surface area contributed by atoms with Gasteiger partial charge in [0.1, 0.15) is 5.94 Å². The van der Waals surface area contributed by atoms with E-state index in [0.717, 1.165) is 0 Å². The van der Waals surface area contributed by atoms with Crippen LogP contribution in [0.4, 0.5) is 0 Å². The van der Waals surface area contributed by atoms with Crippen molar-refractivity contribution < 1.29 is 4.79 Å². The van der Waals surface area contributed by atoms with Crippen LogP contribution in [0, 0.1) is 0 Å². The fourth-order valence-electron chi connectivity index (χ4n) is 1.01. The standard InChI is InChI=1S/C7H10ClNO/c1-7(9(2)3)5(4-10)6(7)8/h6H,1-3H3. The fourth-order valence-corrected chi connectivity index (χ4v) is 1.52. The summed E-state index contributed by atoms with van der Waals surface area (Å²) in [5.41, 5.74) is 0.433. The van der Waals surface area contributed by atoms with E-state index in [4.69, 9.17) is 11.6 Å². The molecule has 2 atom stereocenters. The smallest absolute Gasteiger partial charge is 0.127 e. The number of rotatable bonds is 1. The molecule has 1 fully saturated rings. The van der Waals surface area contributed by atoms with E-state index in [1.807, 2.05) is 31.9 Å². The lowest BCUT2D eigenvalue weighted by Crippen LogP contribution is -2.29. The van der Waals surface area contributed by atoms with E-state index in [1.54, 1.807) is 0 Å². The minimum absolute atomic E-state index is 0.139. The predicted molar refractivity (Wildman–Crippen MR) is 40.9 cm³/mol. The quantitative estimate of drug-likeness (QED) is 0.415. The maximum absolute atomic E-state index is 10.2. The zero-order chi connectivity index (χ0) is 7.94. The van der Waals surface area contributed by atoms with Crippen LogP contribution in [0.25, 0.3) is 0 Å². The maximum atomic E-state index is 10.2. The first kappa shape index (κ1) is 7.80. The van der Waals surface area contributed by atoms with Crippen molar-refractivity contribution in [2.24, 2.45) is 0 Å². The first-order chi connectivity index (χ1) is 4.55. The topological polar surface area (TPSA) is 20.3 Å². The van der Waals surface area contributed by atoms with Crippen LogP contribution in [0.2, 0.25) is 0 Å². The van der Waals surface area contributed by atoms with Crippen LogP contribution in [0.3, 0.4) is 0 Å². The summed E-state index contributed by atoms with van der Waals surface area (Å²) in [5.74, 6) is 1.85. The second kappa shape index (κ2) is 2.09. The summed E-state index contributed by atoms with van der Waals surface area (Å²) in [5, 5.41) is -0.139. The van der Waals surface area contributed by atoms with Crippen molar-refractivity contribution in [3.8, 4) is 0 Å². The normalized spacial score (nSPS) is 38.1. The van der Waals surface area contributed by atoms with E-state index >= 15 is 0 Å². The van der Waals surface area contributed by atoms with Crippen LogP contribution in [0.1, 0.15) is 6.92 Å². The molecule has 0 aliphatic heterocycles. The molecule has 2 nitrogen and oxygen atoms in total. The largest absolute Gasteiger partial charge is 0.298 e. The van der Waals surface area contributed by atoms with Gasteiger partial charge in [0.2, 0.25) is 0 Å². The van der Waals surface area contributed by atoms with Gasteiger partial charge < -0.3 is 0 Å². The Hall–Kier alpha value is -0.300. The van der Waals surface area contributed by atoms with Gasteiger partial charge in [-0.15, -0.1) is 11.6 Å². The summed E-state index contributed by atoms with van der Waals surface area (Å²) in [4.78, 5) is 12.2. The lowest BCUT2D eigenvalue weighted by molar-refractivity contribution is 0.309. The Kier molecular flexibility index (Phi) is 1.63. The highest BCUT2D eigenvalue weighted by Gasteiger charge is 2.58. The first-order valence-electron chi connectivity index (χ1n) is 3.12. The Morgan fingerprint density at radius 3 is 2.30 bits per heavy atom. The molecular weight excluding hydrogens is 150 g/mol. The van der Waals surface area contributed by atoms with Crippen LogP contribution in [-0.2, 0) is 4.79 Å². The number of likely N-dealkylation sites (N-methyl/N-ethyl adjacent to an activating group) is 1. The van der Waals surface area contributed by atoms with Gasteiger partial charge in [-0.2, -0.15) is 0 Å². The van der Waals surface area contributed by atoms with Crippen molar-refractivity contribution in [1.29, 1.82) is 0 Å². The minimum Gasteiger partial charge on any atom is -0.298 e. The monoisotopic (exact) mass is 159 g/mol. The lowest BCUT2D eigenvalue weighted by Gasteiger charge is -2.16. The van der Waals surface area contributed by atoms with Crippen molar-refractivity contribution in [1.82, 2.24) is 4.90 Å². The number of halogens is 1. The Labute approximate surface area is 65.5 Å². The average molecular weight is 160 g/mol. The Morgan fingerprint density at radius 1 is 1.70 bits per heavy atom. The number of nitrogens with zero attached hydrogens (tertiary/aromatic N) is 1. The molecule has 2 unspecified atom stereocenters. The van der Waals surface area contributed by atoms with Crippen molar-refractivity contribution in [3.05, 3.63) is 5.57 Å². The highest BCUT2D eigenvalue weighted by molar-refractivity contribution is 6.28. The second-order valence-electron chi connectivity index (χ2n) is 2.92.